The van der Waals surface area contributed by atoms with Gasteiger partial charge in [0.05, 0.1) is 12.2 Å². The maximum Gasteiger partial charge on any atom is 0.277 e. The summed E-state index contributed by atoms with van der Waals surface area (Å²) in [5.74, 6) is 0.261. The van der Waals surface area contributed by atoms with Crippen molar-refractivity contribution in [3.8, 4) is 5.75 Å². The van der Waals surface area contributed by atoms with Crippen molar-refractivity contribution in [1.82, 2.24) is 14.8 Å². The number of nitrogens with zero attached hydrogens (tertiary/aromatic N) is 3. The van der Waals surface area contributed by atoms with E-state index in [1.807, 2.05) is 61.5 Å². The molecule has 1 N–H and O–H groups in total. The standard InChI is InChI=1S/C24H21ClN4O3S/c1-16-21(15-17-7-5-6-10-19(17)25)33-24(26-16)27-23(31)20-11-12-22(30)29(28-20)13-14-32-18-8-3-2-4-9-18/h2-12H,13-15H2,1H3,(H,26,27,31). The van der Waals surface area contributed by atoms with Gasteiger partial charge in [-0.15, -0.1) is 11.3 Å². The van der Waals surface area contributed by atoms with Crippen molar-refractivity contribution in [2.24, 2.45) is 0 Å². The molecule has 4 aromatic rings. The highest BCUT2D eigenvalue weighted by Gasteiger charge is 2.15. The first kappa shape index (κ1) is 22.7. The molecule has 0 aliphatic rings. The number of rotatable bonds is 8. The van der Waals surface area contributed by atoms with E-state index in [9.17, 15) is 9.59 Å². The fraction of sp³-hybridized carbons (Fsp3) is 0.167. The average Bonchev–Trinajstić information content (AvgIpc) is 3.15. The summed E-state index contributed by atoms with van der Waals surface area (Å²) in [6, 6.07) is 19.6. The van der Waals surface area contributed by atoms with Gasteiger partial charge in [0.25, 0.3) is 11.5 Å². The zero-order chi connectivity index (χ0) is 23.2. The number of para-hydroxylation sites is 1. The summed E-state index contributed by atoms with van der Waals surface area (Å²) in [6.45, 7) is 2.36. The normalized spacial score (nSPS) is 10.7. The number of anilines is 1. The van der Waals surface area contributed by atoms with E-state index in [4.69, 9.17) is 16.3 Å². The second-order valence-corrected chi connectivity index (χ2v) is 8.68. The number of carbonyl (C=O) groups is 1. The molecule has 0 saturated heterocycles. The van der Waals surface area contributed by atoms with Crippen LogP contribution < -0.4 is 15.6 Å². The summed E-state index contributed by atoms with van der Waals surface area (Å²) >= 11 is 7.65. The van der Waals surface area contributed by atoms with Gasteiger partial charge in [-0.25, -0.2) is 9.67 Å². The second-order valence-electron chi connectivity index (χ2n) is 7.19. The van der Waals surface area contributed by atoms with Crippen LogP contribution in [-0.2, 0) is 13.0 Å². The fourth-order valence-corrected chi connectivity index (χ4v) is 4.30. The summed E-state index contributed by atoms with van der Waals surface area (Å²) in [4.78, 5) is 30.3. The Balaban J connectivity index is 1.41. The Bertz CT molecular complexity index is 1320. The van der Waals surface area contributed by atoms with Gasteiger partial charge in [0, 0.05) is 22.4 Å². The lowest BCUT2D eigenvalue weighted by atomic mass is 10.1. The van der Waals surface area contributed by atoms with Crippen LogP contribution in [0, 0.1) is 6.92 Å². The van der Waals surface area contributed by atoms with Crippen LogP contribution >= 0.6 is 22.9 Å². The summed E-state index contributed by atoms with van der Waals surface area (Å²) in [7, 11) is 0. The molecule has 0 unspecified atom stereocenters. The van der Waals surface area contributed by atoms with Crippen molar-refractivity contribution in [2.75, 3.05) is 11.9 Å². The van der Waals surface area contributed by atoms with Crippen molar-refractivity contribution < 1.29 is 9.53 Å². The Hall–Kier alpha value is -3.49. The van der Waals surface area contributed by atoms with E-state index in [1.54, 1.807) is 0 Å². The van der Waals surface area contributed by atoms with Crippen LogP contribution in [0.15, 0.2) is 71.5 Å². The second kappa shape index (κ2) is 10.4. The van der Waals surface area contributed by atoms with Gasteiger partial charge in [0.2, 0.25) is 0 Å². The number of hydrogen-bond acceptors (Lipinski definition) is 6. The molecule has 0 aliphatic carbocycles. The van der Waals surface area contributed by atoms with Gasteiger partial charge >= 0.3 is 0 Å². The minimum atomic E-state index is -0.439. The largest absolute Gasteiger partial charge is 0.492 e. The monoisotopic (exact) mass is 480 g/mol. The lowest BCUT2D eigenvalue weighted by molar-refractivity contribution is 0.101. The molecule has 0 saturated carbocycles. The minimum absolute atomic E-state index is 0.120. The van der Waals surface area contributed by atoms with E-state index in [0.717, 1.165) is 16.1 Å². The third-order valence-electron chi connectivity index (χ3n) is 4.84. The first-order chi connectivity index (χ1) is 16.0. The Morgan fingerprint density at radius 2 is 1.85 bits per heavy atom. The maximum absolute atomic E-state index is 12.7. The smallest absolute Gasteiger partial charge is 0.277 e. The predicted molar refractivity (Wildman–Crippen MR) is 129 cm³/mol. The highest BCUT2D eigenvalue weighted by atomic mass is 35.5. The first-order valence-corrected chi connectivity index (χ1v) is 11.5. The van der Waals surface area contributed by atoms with Crippen LogP contribution in [0.25, 0.3) is 0 Å². The molecule has 2 heterocycles. The summed E-state index contributed by atoms with van der Waals surface area (Å²) in [5.41, 5.74) is 1.63. The van der Waals surface area contributed by atoms with Crippen molar-refractivity contribution in [2.45, 2.75) is 19.9 Å². The van der Waals surface area contributed by atoms with Gasteiger partial charge in [-0.1, -0.05) is 48.0 Å². The van der Waals surface area contributed by atoms with E-state index in [0.29, 0.717) is 22.3 Å². The fourth-order valence-electron chi connectivity index (χ4n) is 3.12. The number of halogens is 1. The molecule has 1 amide bonds. The van der Waals surface area contributed by atoms with Gasteiger partial charge in [-0.3, -0.25) is 14.9 Å². The quantitative estimate of drug-likeness (QED) is 0.399. The van der Waals surface area contributed by atoms with Crippen LogP contribution in [0.5, 0.6) is 5.75 Å². The molecule has 168 valence electrons. The predicted octanol–water partition coefficient (Wildman–Crippen LogP) is 4.58. The van der Waals surface area contributed by atoms with Gasteiger partial charge < -0.3 is 4.74 Å². The van der Waals surface area contributed by atoms with Gasteiger partial charge in [-0.05, 0) is 36.8 Å². The zero-order valence-electron chi connectivity index (χ0n) is 17.8. The molecule has 2 aromatic carbocycles. The van der Waals surface area contributed by atoms with Crippen LogP contribution in [0.4, 0.5) is 5.13 Å². The lowest BCUT2D eigenvalue weighted by Crippen LogP contribution is -2.28. The highest BCUT2D eigenvalue weighted by Crippen LogP contribution is 2.27. The molecule has 0 aliphatic heterocycles. The summed E-state index contributed by atoms with van der Waals surface area (Å²) in [6.07, 6.45) is 0.629. The molecular weight excluding hydrogens is 460 g/mol. The van der Waals surface area contributed by atoms with Crippen molar-refractivity contribution in [3.63, 3.8) is 0 Å². The van der Waals surface area contributed by atoms with E-state index < -0.39 is 5.91 Å². The number of carbonyl (C=O) groups excluding carboxylic acids is 1. The molecule has 7 nitrogen and oxygen atoms in total. The molecular formula is C24H21ClN4O3S. The van der Waals surface area contributed by atoms with E-state index in [2.05, 4.69) is 15.4 Å². The third kappa shape index (κ3) is 5.85. The molecule has 0 bridgehead atoms. The minimum Gasteiger partial charge on any atom is -0.492 e. The number of ether oxygens (including phenoxy) is 1. The molecule has 4 rings (SSSR count). The molecule has 0 fully saturated rings. The molecule has 2 aromatic heterocycles. The number of aromatic nitrogens is 3. The van der Waals surface area contributed by atoms with E-state index in [-0.39, 0.29) is 24.4 Å². The summed E-state index contributed by atoms with van der Waals surface area (Å²) in [5, 5.41) is 8.11. The average molecular weight is 481 g/mol. The number of thiazole rings is 1. The van der Waals surface area contributed by atoms with Crippen molar-refractivity contribution in [3.05, 3.63) is 104 Å². The molecule has 0 radical (unpaired) electrons. The van der Waals surface area contributed by atoms with Crippen LogP contribution in [0.3, 0.4) is 0 Å². The zero-order valence-corrected chi connectivity index (χ0v) is 19.4. The Labute approximate surface area is 199 Å². The van der Waals surface area contributed by atoms with Crippen LogP contribution in [0.2, 0.25) is 5.02 Å². The van der Waals surface area contributed by atoms with Gasteiger partial charge in [0.1, 0.15) is 18.1 Å². The van der Waals surface area contributed by atoms with Crippen LogP contribution in [0.1, 0.15) is 26.6 Å². The number of amides is 1. The number of nitrogens with one attached hydrogen (secondary N) is 1. The van der Waals surface area contributed by atoms with Crippen molar-refractivity contribution in [1.29, 1.82) is 0 Å². The van der Waals surface area contributed by atoms with E-state index in [1.165, 1.54) is 28.2 Å². The van der Waals surface area contributed by atoms with Crippen LogP contribution in [-0.4, -0.2) is 27.3 Å². The van der Waals surface area contributed by atoms with Crippen molar-refractivity contribution >= 4 is 34.0 Å². The molecule has 0 spiro atoms. The maximum atomic E-state index is 12.7. The number of benzene rings is 2. The lowest BCUT2D eigenvalue weighted by Gasteiger charge is -2.08. The Kier molecular flexibility index (Phi) is 7.16. The topological polar surface area (TPSA) is 86.1 Å². The number of aryl methyl sites for hydroxylation is 1. The Morgan fingerprint density at radius 3 is 2.64 bits per heavy atom. The number of hydrogen-bond donors (Lipinski definition) is 1. The Morgan fingerprint density at radius 1 is 1.09 bits per heavy atom. The highest BCUT2D eigenvalue weighted by molar-refractivity contribution is 7.15. The molecule has 0 atom stereocenters. The SMILES string of the molecule is Cc1nc(NC(=O)c2ccc(=O)n(CCOc3ccccc3)n2)sc1Cc1ccccc1Cl. The third-order valence-corrected chi connectivity index (χ3v) is 6.28. The van der Waals surface area contributed by atoms with Gasteiger partial charge in [-0.2, -0.15) is 5.10 Å². The van der Waals surface area contributed by atoms with Gasteiger partial charge in [0.15, 0.2) is 5.13 Å². The first-order valence-electron chi connectivity index (χ1n) is 10.3. The molecule has 9 heteroatoms. The molecule has 33 heavy (non-hydrogen) atoms. The summed E-state index contributed by atoms with van der Waals surface area (Å²) < 4.78 is 6.83. The van der Waals surface area contributed by atoms with E-state index >= 15 is 0 Å².